The van der Waals surface area contributed by atoms with Crippen molar-refractivity contribution in [3.8, 4) is 11.3 Å². The molecule has 0 spiro atoms. The Hall–Kier alpha value is -4.00. The molecule has 3 heterocycles. The first-order chi connectivity index (χ1) is 15.7. The molecule has 0 saturated carbocycles. The second-order valence-electron chi connectivity index (χ2n) is 7.76. The maximum Gasteiger partial charge on any atom is 0.359 e. The Morgan fingerprint density at radius 1 is 0.906 bits per heavy atom. The molecule has 0 radical (unpaired) electrons. The van der Waals surface area contributed by atoms with E-state index < -0.39 is 5.97 Å². The van der Waals surface area contributed by atoms with Gasteiger partial charge in [-0.25, -0.2) is 4.79 Å². The van der Waals surface area contributed by atoms with E-state index in [0.717, 1.165) is 48.2 Å². The summed E-state index contributed by atoms with van der Waals surface area (Å²) in [4.78, 5) is 31.1. The van der Waals surface area contributed by atoms with E-state index in [-0.39, 0.29) is 18.1 Å². The van der Waals surface area contributed by atoms with Gasteiger partial charge in [-0.2, -0.15) is 0 Å². The summed E-state index contributed by atoms with van der Waals surface area (Å²) in [5.74, 6) is -0.197. The van der Waals surface area contributed by atoms with Crippen molar-refractivity contribution in [1.82, 2.24) is 15.2 Å². The molecule has 0 amide bonds. The molecule has 32 heavy (non-hydrogen) atoms. The minimum Gasteiger partial charge on any atom is -0.453 e. The normalized spacial score (nSPS) is 13.4. The van der Waals surface area contributed by atoms with Crippen LogP contribution in [0.4, 0.5) is 5.82 Å². The summed E-state index contributed by atoms with van der Waals surface area (Å²) in [5, 5.41) is 8.93. The lowest BCUT2D eigenvalue weighted by Gasteiger charge is -2.15. The third-order valence-electron chi connectivity index (χ3n) is 5.67. The first-order valence-corrected chi connectivity index (χ1v) is 10.7. The van der Waals surface area contributed by atoms with Gasteiger partial charge in [-0.15, -0.1) is 10.2 Å². The van der Waals surface area contributed by atoms with Crippen molar-refractivity contribution < 1.29 is 14.3 Å². The topological polar surface area (TPSA) is 88.2 Å². The molecule has 4 aromatic rings. The summed E-state index contributed by atoms with van der Waals surface area (Å²) < 4.78 is 5.30. The number of fused-ring (bicyclic) bond motifs is 1. The number of esters is 1. The zero-order valence-electron chi connectivity index (χ0n) is 17.5. The summed E-state index contributed by atoms with van der Waals surface area (Å²) in [6.45, 7) is 1.51. The number of aromatic nitrogens is 3. The number of rotatable bonds is 6. The number of ketones is 1. The third kappa shape index (κ3) is 3.85. The number of ether oxygens (including phenoxy) is 1. The summed E-state index contributed by atoms with van der Waals surface area (Å²) in [6.07, 6.45) is 2.26. The summed E-state index contributed by atoms with van der Waals surface area (Å²) >= 11 is 0. The summed E-state index contributed by atoms with van der Waals surface area (Å²) in [5.41, 5.74) is 3.05. The van der Waals surface area contributed by atoms with Gasteiger partial charge in [0.05, 0.1) is 11.3 Å². The van der Waals surface area contributed by atoms with E-state index in [2.05, 4.69) is 20.1 Å². The van der Waals surface area contributed by atoms with Crippen LogP contribution in [-0.4, -0.2) is 46.6 Å². The number of anilines is 1. The predicted molar refractivity (Wildman–Crippen MR) is 122 cm³/mol. The van der Waals surface area contributed by atoms with Crippen LogP contribution >= 0.6 is 0 Å². The van der Waals surface area contributed by atoms with Crippen LogP contribution in [0, 0.1) is 0 Å². The standard InChI is InChI=1S/C25H22N4O3/c30-21(16-32-25(31)20-12-13-22(28-27-20)29-14-6-7-15-29)23-18-10-4-5-11-19(18)26-24(23)17-8-2-1-3-9-17/h1-5,8-13,26H,6-7,14-16H2. The van der Waals surface area contributed by atoms with E-state index in [1.807, 2.05) is 54.6 Å². The maximum absolute atomic E-state index is 13.1. The van der Waals surface area contributed by atoms with Crippen molar-refractivity contribution in [2.24, 2.45) is 0 Å². The van der Waals surface area contributed by atoms with Gasteiger partial charge in [0.15, 0.2) is 18.1 Å². The highest BCUT2D eigenvalue weighted by atomic mass is 16.5. The van der Waals surface area contributed by atoms with Crippen LogP contribution in [0.3, 0.4) is 0 Å². The van der Waals surface area contributed by atoms with E-state index >= 15 is 0 Å². The summed E-state index contributed by atoms with van der Waals surface area (Å²) in [6, 6.07) is 20.6. The zero-order valence-corrected chi connectivity index (χ0v) is 17.5. The number of para-hydroxylation sites is 1. The van der Waals surface area contributed by atoms with E-state index in [1.165, 1.54) is 0 Å². The predicted octanol–water partition coefficient (Wildman–Crippen LogP) is 4.26. The van der Waals surface area contributed by atoms with Crippen LogP contribution < -0.4 is 4.90 Å². The minimum atomic E-state index is -0.667. The van der Waals surface area contributed by atoms with Gasteiger partial charge in [0.2, 0.25) is 5.78 Å². The third-order valence-corrected chi connectivity index (χ3v) is 5.67. The molecule has 7 heteroatoms. The largest absolute Gasteiger partial charge is 0.453 e. The van der Waals surface area contributed by atoms with Gasteiger partial charge in [-0.05, 0) is 36.6 Å². The average Bonchev–Trinajstić information content (AvgIpc) is 3.51. The first-order valence-electron chi connectivity index (χ1n) is 10.7. The van der Waals surface area contributed by atoms with Gasteiger partial charge < -0.3 is 14.6 Å². The number of hydrogen-bond acceptors (Lipinski definition) is 6. The molecule has 0 aliphatic carbocycles. The van der Waals surface area contributed by atoms with Gasteiger partial charge in [-0.1, -0.05) is 48.5 Å². The van der Waals surface area contributed by atoms with Crippen molar-refractivity contribution in [2.45, 2.75) is 12.8 Å². The molecule has 0 unspecified atom stereocenters. The van der Waals surface area contributed by atoms with Gasteiger partial charge in [-0.3, -0.25) is 4.79 Å². The molecule has 1 saturated heterocycles. The Kier molecular flexibility index (Phi) is 5.37. The van der Waals surface area contributed by atoms with Gasteiger partial charge in [0, 0.05) is 24.0 Å². The number of carbonyl (C=O) groups excluding carboxylic acids is 2. The van der Waals surface area contributed by atoms with Crippen LogP contribution in [0.2, 0.25) is 0 Å². The number of aromatic amines is 1. The SMILES string of the molecule is O=C(OCC(=O)c1c(-c2ccccc2)[nH]c2ccccc12)c1ccc(N2CCCC2)nn1. The minimum absolute atomic E-state index is 0.0861. The highest BCUT2D eigenvalue weighted by molar-refractivity contribution is 6.14. The van der Waals surface area contributed by atoms with Crippen LogP contribution in [-0.2, 0) is 4.74 Å². The molecular weight excluding hydrogens is 404 g/mol. The fourth-order valence-corrected chi connectivity index (χ4v) is 4.08. The van der Waals surface area contributed by atoms with Gasteiger partial charge in [0.1, 0.15) is 0 Å². The van der Waals surface area contributed by atoms with Crippen molar-refractivity contribution in [3.63, 3.8) is 0 Å². The Balaban J connectivity index is 1.34. The van der Waals surface area contributed by atoms with Crippen LogP contribution in [0.5, 0.6) is 0 Å². The molecule has 1 aliphatic rings. The molecule has 7 nitrogen and oxygen atoms in total. The molecule has 2 aromatic heterocycles. The van der Waals surface area contributed by atoms with Crippen LogP contribution in [0.1, 0.15) is 33.7 Å². The van der Waals surface area contributed by atoms with Gasteiger partial charge >= 0.3 is 5.97 Å². The van der Waals surface area contributed by atoms with E-state index in [0.29, 0.717) is 11.3 Å². The fraction of sp³-hybridized carbons (Fsp3) is 0.200. The van der Waals surface area contributed by atoms with E-state index in [9.17, 15) is 9.59 Å². The number of hydrogen-bond donors (Lipinski definition) is 1. The molecule has 160 valence electrons. The fourth-order valence-electron chi connectivity index (χ4n) is 4.08. The number of nitrogens with one attached hydrogen (secondary N) is 1. The highest BCUT2D eigenvalue weighted by Crippen LogP contribution is 2.30. The molecule has 0 bridgehead atoms. The first kappa shape index (κ1) is 19.9. The second kappa shape index (κ2) is 8.63. The Morgan fingerprint density at radius 3 is 2.41 bits per heavy atom. The zero-order chi connectivity index (χ0) is 21.9. The van der Waals surface area contributed by atoms with Crippen molar-refractivity contribution in [1.29, 1.82) is 0 Å². The molecule has 1 fully saturated rings. The van der Waals surface area contributed by atoms with Crippen molar-refractivity contribution in [3.05, 3.63) is 78.0 Å². The molecule has 2 aromatic carbocycles. The Morgan fingerprint density at radius 2 is 1.66 bits per heavy atom. The Bertz CT molecular complexity index is 1260. The Labute approximate surface area is 185 Å². The van der Waals surface area contributed by atoms with Crippen LogP contribution in [0.25, 0.3) is 22.2 Å². The molecule has 1 N–H and O–H groups in total. The molecule has 5 rings (SSSR count). The number of nitrogens with zero attached hydrogens (tertiary/aromatic N) is 3. The quantitative estimate of drug-likeness (QED) is 0.366. The van der Waals surface area contributed by atoms with E-state index in [1.54, 1.807) is 12.1 Å². The molecule has 1 aliphatic heterocycles. The lowest BCUT2D eigenvalue weighted by atomic mass is 10.0. The second-order valence-corrected chi connectivity index (χ2v) is 7.76. The lowest BCUT2D eigenvalue weighted by Crippen LogP contribution is -2.20. The van der Waals surface area contributed by atoms with Crippen molar-refractivity contribution >= 4 is 28.5 Å². The van der Waals surface area contributed by atoms with Crippen LogP contribution in [0.15, 0.2) is 66.7 Å². The molecule has 0 atom stereocenters. The number of H-pyrrole nitrogens is 1. The maximum atomic E-state index is 13.1. The van der Waals surface area contributed by atoms with E-state index in [4.69, 9.17) is 4.74 Å². The number of carbonyl (C=O) groups is 2. The monoisotopic (exact) mass is 426 g/mol. The van der Waals surface area contributed by atoms with Gasteiger partial charge in [0.25, 0.3) is 0 Å². The highest BCUT2D eigenvalue weighted by Gasteiger charge is 2.22. The number of benzene rings is 2. The molecular formula is C25H22N4O3. The average molecular weight is 426 g/mol. The summed E-state index contributed by atoms with van der Waals surface area (Å²) in [7, 11) is 0. The smallest absolute Gasteiger partial charge is 0.359 e. The number of Topliss-reactive ketones (excluding diaryl/α,β-unsaturated/α-hetero) is 1. The lowest BCUT2D eigenvalue weighted by molar-refractivity contribution is 0.0468. The van der Waals surface area contributed by atoms with Crippen molar-refractivity contribution in [2.75, 3.05) is 24.6 Å².